The van der Waals surface area contributed by atoms with Gasteiger partial charge in [0.15, 0.2) is 0 Å². The van der Waals surface area contributed by atoms with E-state index in [1.165, 1.54) is 302 Å². The van der Waals surface area contributed by atoms with Crippen LogP contribution in [0.1, 0.15) is 361 Å². The van der Waals surface area contributed by atoms with Crippen molar-refractivity contribution < 1.29 is 15.0 Å². The van der Waals surface area contributed by atoms with Gasteiger partial charge in [-0.25, -0.2) is 0 Å². The lowest BCUT2D eigenvalue weighted by molar-refractivity contribution is -0.123. The molecular weight excluding hydrogens is 855 g/mol. The van der Waals surface area contributed by atoms with Crippen LogP contribution in [0.3, 0.4) is 0 Å². The fourth-order valence-electron chi connectivity index (χ4n) is 10.2. The number of hydrogen-bond acceptors (Lipinski definition) is 3. The first-order chi connectivity index (χ1) is 34.7. The normalized spacial score (nSPS) is 12.9. The van der Waals surface area contributed by atoms with Crippen LogP contribution >= 0.6 is 0 Å². The van der Waals surface area contributed by atoms with Crippen molar-refractivity contribution in [2.45, 2.75) is 373 Å². The maximum absolute atomic E-state index is 12.5. The maximum Gasteiger partial charge on any atom is 0.220 e. The summed E-state index contributed by atoms with van der Waals surface area (Å²) in [7, 11) is 0. The summed E-state index contributed by atoms with van der Waals surface area (Å²) in [6, 6.07) is -0.645. The monoisotopic (exact) mass is 982 g/mol. The molecule has 0 aromatic rings. The standard InChI is InChI=1S/C66H127NO3/c1-3-5-7-9-11-13-15-17-19-21-23-25-27-29-31-32-33-34-35-36-38-40-42-44-46-48-50-52-54-56-58-60-62-66(70)67-64(63-68)65(69)61-59-57-55-53-51-49-47-45-43-41-39-37-30-28-26-24-22-20-18-16-14-12-10-8-6-4-2/h43,45,51,53,59,61,64-65,68-69H,3-42,44,46-50,52,54-58,60,62-63H2,1-2H3,(H,67,70)/b45-43+,53-51+,61-59+. The first-order valence-corrected chi connectivity index (χ1v) is 32.2. The van der Waals surface area contributed by atoms with E-state index in [2.05, 4.69) is 43.5 Å². The summed E-state index contributed by atoms with van der Waals surface area (Å²) in [5, 5.41) is 23.2. The van der Waals surface area contributed by atoms with Crippen molar-refractivity contribution in [3.8, 4) is 0 Å². The number of rotatable bonds is 60. The Labute approximate surface area is 440 Å². The predicted molar refractivity (Wildman–Crippen MR) is 313 cm³/mol. The lowest BCUT2D eigenvalue weighted by atomic mass is 10.0. The van der Waals surface area contributed by atoms with Crippen molar-refractivity contribution in [3.05, 3.63) is 36.5 Å². The van der Waals surface area contributed by atoms with Crippen molar-refractivity contribution >= 4 is 5.91 Å². The van der Waals surface area contributed by atoms with Gasteiger partial charge in [-0.2, -0.15) is 0 Å². The molecule has 0 fully saturated rings. The van der Waals surface area contributed by atoms with Gasteiger partial charge in [-0.05, 0) is 44.9 Å². The van der Waals surface area contributed by atoms with Crippen LogP contribution in [0.15, 0.2) is 36.5 Å². The van der Waals surface area contributed by atoms with Crippen LogP contribution in [-0.2, 0) is 4.79 Å². The molecule has 1 amide bonds. The molecule has 0 rings (SSSR count). The van der Waals surface area contributed by atoms with E-state index in [9.17, 15) is 15.0 Å². The van der Waals surface area contributed by atoms with Gasteiger partial charge in [0.1, 0.15) is 0 Å². The zero-order valence-corrected chi connectivity index (χ0v) is 47.8. The molecule has 414 valence electrons. The van der Waals surface area contributed by atoms with Gasteiger partial charge in [-0.3, -0.25) is 4.79 Å². The average Bonchev–Trinajstić information content (AvgIpc) is 3.36. The quantitative estimate of drug-likeness (QED) is 0.0420. The largest absolute Gasteiger partial charge is 0.394 e. The highest BCUT2D eigenvalue weighted by atomic mass is 16.3. The second-order valence-corrected chi connectivity index (χ2v) is 22.2. The van der Waals surface area contributed by atoms with E-state index in [1.54, 1.807) is 6.08 Å². The Balaban J connectivity index is 3.47. The van der Waals surface area contributed by atoms with Gasteiger partial charge in [-0.1, -0.05) is 346 Å². The Morgan fingerprint density at radius 1 is 0.329 bits per heavy atom. The molecule has 0 aromatic carbocycles. The molecule has 0 spiro atoms. The third-order valence-corrected chi connectivity index (χ3v) is 15.1. The number of nitrogens with one attached hydrogen (secondary N) is 1. The Morgan fingerprint density at radius 3 is 0.829 bits per heavy atom. The Morgan fingerprint density at radius 2 is 0.557 bits per heavy atom. The molecule has 0 aliphatic carbocycles. The van der Waals surface area contributed by atoms with Crippen molar-refractivity contribution in [1.82, 2.24) is 5.32 Å². The van der Waals surface area contributed by atoms with Crippen LogP contribution < -0.4 is 5.32 Å². The van der Waals surface area contributed by atoms with Crippen molar-refractivity contribution in [2.24, 2.45) is 0 Å². The second kappa shape index (κ2) is 61.9. The van der Waals surface area contributed by atoms with Crippen molar-refractivity contribution in [2.75, 3.05) is 6.61 Å². The molecule has 0 saturated carbocycles. The lowest BCUT2D eigenvalue weighted by Crippen LogP contribution is -2.45. The zero-order chi connectivity index (χ0) is 50.6. The molecule has 4 heteroatoms. The van der Waals surface area contributed by atoms with E-state index in [0.29, 0.717) is 6.42 Å². The number of aliphatic hydroxyl groups excluding tert-OH is 2. The third kappa shape index (κ3) is 57.5. The summed E-state index contributed by atoms with van der Waals surface area (Å²) in [4.78, 5) is 12.5. The van der Waals surface area contributed by atoms with E-state index in [-0.39, 0.29) is 12.5 Å². The van der Waals surface area contributed by atoms with Crippen LogP contribution in [0, 0.1) is 0 Å². The molecule has 0 bridgehead atoms. The highest BCUT2D eigenvalue weighted by Crippen LogP contribution is 2.18. The van der Waals surface area contributed by atoms with Crippen LogP contribution in [0.2, 0.25) is 0 Å². The first-order valence-electron chi connectivity index (χ1n) is 32.2. The zero-order valence-electron chi connectivity index (χ0n) is 47.8. The molecule has 3 N–H and O–H groups in total. The van der Waals surface area contributed by atoms with Gasteiger partial charge in [0.25, 0.3) is 0 Å². The minimum atomic E-state index is -0.870. The fourth-order valence-corrected chi connectivity index (χ4v) is 10.2. The third-order valence-electron chi connectivity index (χ3n) is 15.1. The number of aliphatic hydroxyl groups is 2. The first kappa shape index (κ1) is 68.6. The summed E-state index contributed by atoms with van der Waals surface area (Å²) in [6.07, 6.45) is 85.0. The molecule has 2 unspecified atom stereocenters. The van der Waals surface area contributed by atoms with Gasteiger partial charge < -0.3 is 15.5 Å². The Bertz CT molecular complexity index is 1070. The van der Waals surface area contributed by atoms with Gasteiger partial charge in [-0.15, -0.1) is 0 Å². The molecule has 4 nitrogen and oxygen atoms in total. The van der Waals surface area contributed by atoms with Gasteiger partial charge in [0.2, 0.25) is 5.91 Å². The van der Waals surface area contributed by atoms with Gasteiger partial charge in [0.05, 0.1) is 18.8 Å². The van der Waals surface area contributed by atoms with E-state index in [0.717, 1.165) is 38.5 Å². The highest BCUT2D eigenvalue weighted by molar-refractivity contribution is 5.76. The van der Waals surface area contributed by atoms with Crippen LogP contribution in [-0.4, -0.2) is 34.9 Å². The summed E-state index contributed by atoms with van der Waals surface area (Å²) in [6.45, 7) is 4.34. The molecule has 2 atom stereocenters. The van der Waals surface area contributed by atoms with E-state index in [1.807, 2.05) is 6.08 Å². The molecule has 70 heavy (non-hydrogen) atoms. The Kier molecular flexibility index (Phi) is 60.7. The van der Waals surface area contributed by atoms with Crippen LogP contribution in [0.25, 0.3) is 0 Å². The number of hydrogen-bond donors (Lipinski definition) is 3. The van der Waals surface area contributed by atoms with Crippen molar-refractivity contribution in [1.29, 1.82) is 0 Å². The molecule has 0 heterocycles. The SMILES string of the molecule is CCCCCCCCCCCCCCCCCC/C=C/CC/C=C/CC/C=C/C(O)C(CO)NC(=O)CCCCCCCCCCCCCCCCCCCCCCCCCCCCCCCCCC. The number of carbonyl (C=O) groups excluding carboxylic acids is 1. The highest BCUT2D eigenvalue weighted by Gasteiger charge is 2.18. The molecule has 0 aromatic heterocycles. The molecule has 0 radical (unpaired) electrons. The summed E-state index contributed by atoms with van der Waals surface area (Å²) < 4.78 is 0. The van der Waals surface area contributed by atoms with E-state index < -0.39 is 12.1 Å². The topological polar surface area (TPSA) is 69.6 Å². The number of amides is 1. The van der Waals surface area contributed by atoms with Crippen molar-refractivity contribution in [3.63, 3.8) is 0 Å². The van der Waals surface area contributed by atoms with Gasteiger partial charge in [0, 0.05) is 6.42 Å². The molecule has 0 saturated heterocycles. The molecular formula is C66H127NO3. The fraction of sp³-hybridized carbons (Fsp3) is 0.894. The summed E-state index contributed by atoms with van der Waals surface area (Å²) in [5.41, 5.74) is 0. The Hall–Kier alpha value is -1.39. The molecule has 0 aliphatic rings. The summed E-state index contributed by atoms with van der Waals surface area (Å²) in [5.74, 6) is -0.0703. The maximum atomic E-state index is 12.5. The van der Waals surface area contributed by atoms with E-state index >= 15 is 0 Å². The second-order valence-electron chi connectivity index (χ2n) is 22.2. The minimum absolute atomic E-state index is 0.0703. The number of unbranched alkanes of at least 4 members (excludes halogenated alkanes) is 49. The smallest absolute Gasteiger partial charge is 0.220 e. The number of carbonyl (C=O) groups is 1. The van der Waals surface area contributed by atoms with Gasteiger partial charge >= 0.3 is 0 Å². The van der Waals surface area contributed by atoms with Crippen LogP contribution in [0.4, 0.5) is 0 Å². The number of allylic oxidation sites excluding steroid dienone is 5. The van der Waals surface area contributed by atoms with E-state index in [4.69, 9.17) is 0 Å². The predicted octanol–water partition coefficient (Wildman–Crippen LogP) is 21.6. The van der Waals surface area contributed by atoms with Crippen LogP contribution in [0.5, 0.6) is 0 Å². The molecule has 0 aliphatic heterocycles. The average molecular weight is 983 g/mol. The lowest BCUT2D eigenvalue weighted by Gasteiger charge is -2.19. The summed E-state index contributed by atoms with van der Waals surface area (Å²) >= 11 is 0. The minimum Gasteiger partial charge on any atom is -0.394 e.